The number of hydrogen-bond acceptors (Lipinski definition) is 6. The minimum atomic E-state index is 0.0462. The first-order valence-electron chi connectivity index (χ1n) is 6.21. The molecule has 0 radical (unpaired) electrons. The molecule has 1 fully saturated rings. The van der Waals surface area contributed by atoms with E-state index in [9.17, 15) is 4.79 Å². The second-order valence-electron chi connectivity index (χ2n) is 4.29. The number of ether oxygens (including phenoxy) is 2. The number of amides is 1. The van der Waals surface area contributed by atoms with Crippen molar-refractivity contribution in [1.82, 2.24) is 15.3 Å². The number of anilines is 1. The second-order valence-corrected chi connectivity index (χ2v) is 4.29. The van der Waals surface area contributed by atoms with Crippen LogP contribution >= 0.6 is 0 Å². The van der Waals surface area contributed by atoms with Crippen LogP contribution < -0.4 is 20.1 Å². The number of aromatic nitrogens is 2. The summed E-state index contributed by atoms with van der Waals surface area (Å²) in [4.78, 5) is 19.7. The van der Waals surface area contributed by atoms with Gasteiger partial charge in [0.15, 0.2) is 0 Å². The zero-order valence-corrected chi connectivity index (χ0v) is 11.1. The van der Waals surface area contributed by atoms with Crippen LogP contribution in [0.25, 0.3) is 0 Å². The Kier molecular flexibility index (Phi) is 4.38. The second kappa shape index (κ2) is 6.21. The van der Waals surface area contributed by atoms with E-state index in [1.54, 1.807) is 6.07 Å². The summed E-state index contributed by atoms with van der Waals surface area (Å²) in [5.74, 6) is 1.26. The number of methoxy groups -OCH3 is 2. The Morgan fingerprint density at radius 1 is 1.32 bits per heavy atom. The molecule has 2 N–H and O–H groups in total. The van der Waals surface area contributed by atoms with Crippen LogP contribution in [0.3, 0.4) is 0 Å². The van der Waals surface area contributed by atoms with Crippen molar-refractivity contribution in [3.05, 3.63) is 6.07 Å². The third-order valence-corrected chi connectivity index (χ3v) is 2.68. The van der Waals surface area contributed by atoms with E-state index in [0.29, 0.717) is 36.7 Å². The van der Waals surface area contributed by atoms with Crippen molar-refractivity contribution in [2.24, 2.45) is 0 Å². The summed E-state index contributed by atoms with van der Waals surface area (Å²) in [7, 11) is 3.04. The Bertz CT molecular complexity index is 426. The lowest BCUT2D eigenvalue weighted by Gasteiger charge is -2.08. The fourth-order valence-corrected chi connectivity index (χ4v) is 1.51. The average molecular weight is 266 g/mol. The first-order chi connectivity index (χ1) is 9.21. The molecule has 0 bridgehead atoms. The molecule has 0 saturated heterocycles. The number of carbonyl (C=O) groups is 1. The van der Waals surface area contributed by atoms with Crippen molar-refractivity contribution in [1.29, 1.82) is 0 Å². The molecular weight excluding hydrogens is 248 g/mol. The first-order valence-corrected chi connectivity index (χ1v) is 6.21. The van der Waals surface area contributed by atoms with Crippen LogP contribution in [0.4, 0.5) is 5.95 Å². The monoisotopic (exact) mass is 266 g/mol. The van der Waals surface area contributed by atoms with Crippen molar-refractivity contribution in [3.63, 3.8) is 0 Å². The zero-order valence-electron chi connectivity index (χ0n) is 11.1. The highest BCUT2D eigenvalue weighted by atomic mass is 16.5. The normalized spacial score (nSPS) is 13.8. The summed E-state index contributed by atoms with van der Waals surface area (Å²) in [6.45, 7) is 0.467. The average Bonchev–Trinajstić information content (AvgIpc) is 3.22. The van der Waals surface area contributed by atoms with Gasteiger partial charge in [0.05, 0.1) is 20.3 Å². The molecule has 1 amide bonds. The van der Waals surface area contributed by atoms with Crippen molar-refractivity contribution in [2.75, 3.05) is 26.1 Å². The molecule has 0 unspecified atom stereocenters. The molecule has 104 valence electrons. The van der Waals surface area contributed by atoms with Gasteiger partial charge in [-0.15, -0.1) is 0 Å². The van der Waals surface area contributed by atoms with Gasteiger partial charge >= 0.3 is 0 Å². The van der Waals surface area contributed by atoms with Crippen molar-refractivity contribution < 1.29 is 14.3 Å². The summed E-state index contributed by atoms with van der Waals surface area (Å²) < 4.78 is 10.1. The van der Waals surface area contributed by atoms with Gasteiger partial charge in [0.2, 0.25) is 23.6 Å². The maximum absolute atomic E-state index is 11.5. The SMILES string of the molecule is COc1cc(OC)nc(NCCC(=O)NC2CC2)n1. The molecule has 7 heteroatoms. The van der Waals surface area contributed by atoms with Crippen LogP contribution in [-0.2, 0) is 4.79 Å². The molecule has 7 nitrogen and oxygen atoms in total. The molecular formula is C12H18N4O3. The van der Waals surface area contributed by atoms with E-state index in [4.69, 9.17) is 9.47 Å². The lowest BCUT2D eigenvalue weighted by atomic mass is 10.4. The maximum atomic E-state index is 11.5. The van der Waals surface area contributed by atoms with Gasteiger partial charge < -0.3 is 20.1 Å². The molecule has 1 saturated carbocycles. The van der Waals surface area contributed by atoms with Crippen LogP contribution in [0.2, 0.25) is 0 Å². The van der Waals surface area contributed by atoms with E-state index in [2.05, 4.69) is 20.6 Å². The van der Waals surface area contributed by atoms with Gasteiger partial charge in [-0.1, -0.05) is 0 Å². The Labute approximate surface area is 111 Å². The number of rotatable bonds is 7. The quantitative estimate of drug-likeness (QED) is 0.750. The summed E-state index contributed by atoms with van der Waals surface area (Å²) in [6, 6.07) is 1.98. The van der Waals surface area contributed by atoms with Gasteiger partial charge in [0.1, 0.15) is 0 Å². The minimum absolute atomic E-state index is 0.0462. The van der Waals surface area contributed by atoms with Crippen molar-refractivity contribution >= 4 is 11.9 Å². The maximum Gasteiger partial charge on any atom is 0.229 e. The topological polar surface area (TPSA) is 85.4 Å². The summed E-state index contributed by atoms with van der Waals surface area (Å²) in [5.41, 5.74) is 0. The highest BCUT2D eigenvalue weighted by molar-refractivity contribution is 5.77. The Hall–Kier alpha value is -2.05. The Morgan fingerprint density at radius 3 is 2.47 bits per heavy atom. The molecule has 0 aliphatic heterocycles. The molecule has 1 aliphatic rings. The predicted molar refractivity (Wildman–Crippen MR) is 69.4 cm³/mol. The molecule has 1 heterocycles. The van der Waals surface area contributed by atoms with E-state index in [-0.39, 0.29) is 5.91 Å². The molecule has 1 aliphatic carbocycles. The van der Waals surface area contributed by atoms with Crippen LogP contribution in [0.15, 0.2) is 6.07 Å². The predicted octanol–water partition coefficient (Wildman–Crippen LogP) is 0.574. The number of carbonyl (C=O) groups excluding carboxylic acids is 1. The van der Waals surface area contributed by atoms with E-state index in [1.165, 1.54) is 14.2 Å². The van der Waals surface area contributed by atoms with Gasteiger partial charge in [-0.3, -0.25) is 4.79 Å². The van der Waals surface area contributed by atoms with Crippen LogP contribution in [-0.4, -0.2) is 42.7 Å². The smallest absolute Gasteiger partial charge is 0.229 e. The number of nitrogens with one attached hydrogen (secondary N) is 2. The van der Waals surface area contributed by atoms with Crippen LogP contribution in [0, 0.1) is 0 Å². The summed E-state index contributed by atoms with van der Waals surface area (Å²) in [6.07, 6.45) is 2.57. The first kappa shape index (κ1) is 13.4. The van der Waals surface area contributed by atoms with Gasteiger partial charge in [-0.05, 0) is 12.8 Å². The molecule has 0 spiro atoms. The van der Waals surface area contributed by atoms with Crippen molar-refractivity contribution in [3.8, 4) is 11.8 Å². The third kappa shape index (κ3) is 4.27. The highest BCUT2D eigenvalue weighted by Crippen LogP contribution is 2.19. The molecule has 19 heavy (non-hydrogen) atoms. The lowest BCUT2D eigenvalue weighted by Crippen LogP contribution is -2.27. The lowest BCUT2D eigenvalue weighted by molar-refractivity contribution is -0.120. The summed E-state index contributed by atoms with van der Waals surface area (Å²) in [5, 5.41) is 5.89. The Morgan fingerprint density at radius 2 is 1.95 bits per heavy atom. The van der Waals surface area contributed by atoms with Gasteiger partial charge in [0, 0.05) is 19.0 Å². The molecule has 0 atom stereocenters. The van der Waals surface area contributed by atoms with Gasteiger partial charge in [-0.25, -0.2) is 0 Å². The van der Waals surface area contributed by atoms with Crippen LogP contribution in [0.5, 0.6) is 11.8 Å². The van der Waals surface area contributed by atoms with E-state index in [1.807, 2.05) is 0 Å². The fourth-order valence-electron chi connectivity index (χ4n) is 1.51. The fraction of sp³-hybridized carbons (Fsp3) is 0.583. The molecule has 1 aromatic rings. The van der Waals surface area contributed by atoms with E-state index >= 15 is 0 Å². The minimum Gasteiger partial charge on any atom is -0.481 e. The van der Waals surface area contributed by atoms with E-state index in [0.717, 1.165) is 12.8 Å². The van der Waals surface area contributed by atoms with Crippen LogP contribution in [0.1, 0.15) is 19.3 Å². The standard InChI is InChI=1S/C12H18N4O3/c1-18-10-7-11(19-2)16-12(15-10)13-6-5-9(17)14-8-3-4-8/h7-8H,3-6H2,1-2H3,(H,14,17)(H,13,15,16). The molecule has 2 rings (SSSR count). The number of hydrogen-bond donors (Lipinski definition) is 2. The number of nitrogens with zero attached hydrogens (tertiary/aromatic N) is 2. The van der Waals surface area contributed by atoms with Gasteiger partial charge in [-0.2, -0.15) is 9.97 Å². The third-order valence-electron chi connectivity index (χ3n) is 2.68. The highest BCUT2D eigenvalue weighted by Gasteiger charge is 2.22. The van der Waals surface area contributed by atoms with Gasteiger partial charge in [0.25, 0.3) is 0 Å². The Balaban J connectivity index is 1.82. The van der Waals surface area contributed by atoms with Crippen molar-refractivity contribution in [2.45, 2.75) is 25.3 Å². The zero-order chi connectivity index (χ0) is 13.7. The largest absolute Gasteiger partial charge is 0.481 e. The molecule has 1 aromatic heterocycles. The van der Waals surface area contributed by atoms with E-state index < -0.39 is 0 Å². The summed E-state index contributed by atoms with van der Waals surface area (Å²) >= 11 is 0. The molecule has 0 aromatic carbocycles.